The third-order valence-corrected chi connectivity index (χ3v) is 5.48. The van der Waals surface area contributed by atoms with Gasteiger partial charge in [0.05, 0.1) is 30.0 Å². The van der Waals surface area contributed by atoms with Crippen molar-refractivity contribution in [2.45, 2.75) is 45.9 Å². The minimum absolute atomic E-state index is 0.0768. The van der Waals surface area contributed by atoms with Crippen molar-refractivity contribution in [1.29, 1.82) is 0 Å². The molecule has 1 fully saturated rings. The van der Waals surface area contributed by atoms with E-state index in [2.05, 4.69) is 5.10 Å². The summed E-state index contributed by atoms with van der Waals surface area (Å²) in [5, 5.41) is 14.8. The molecule has 1 aliphatic heterocycles. The van der Waals surface area contributed by atoms with E-state index in [4.69, 9.17) is 0 Å². The molecule has 1 saturated carbocycles. The van der Waals surface area contributed by atoms with Crippen LogP contribution in [0.1, 0.15) is 52.1 Å². The van der Waals surface area contributed by atoms with Gasteiger partial charge in [-0.15, -0.1) is 0 Å². The molecule has 6 nitrogen and oxygen atoms in total. The zero-order chi connectivity index (χ0) is 17.0. The van der Waals surface area contributed by atoms with Gasteiger partial charge in [0.15, 0.2) is 0 Å². The van der Waals surface area contributed by atoms with Gasteiger partial charge in [-0.05, 0) is 44.7 Å². The van der Waals surface area contributed by atoms with Crippen molar-refractivity contribution in [3.63, 3.8) is 0 Å². The molecule has 3 heterocycles. The van der Waals surface area contributed by atoms with Gasteiger partial charge in [-0.2, -0.15) is 5.10 Å². The lowest BCUT2D eigenvalue weighted by Gasteiger charge is -2.27. The summed E-state index contributed by atoms with van der Waals surface area (Å²) in [6.45, 7) is 5.89. The number of aromatic nitrogens is 3. The summed E-state index contributed by atoms with van der Waals surface area (Å²) < 4.78 is 3.99. The van der Waals surface area contributed by atoms with Crippen molar-refractivity contribution in [3.05, 3.63) is 40.5 Å². The molecule has 24 heavy (non-hydrogen) atoms. The fourth-order valence-electron chi connectivity index (χ4n) is 3.50. The summed E-state index contributed by atoms with van der Waals surface area (Å²) in [6, 6.07) is 3.93. The normalized spacial score (nSPS) is 18.6. The van der Waals surface area contributed by atoms with Crippen molar-refractivity contribution in [3.8, 4) is 0 Å². The number of hydrogen-bond donors (Lipinski definition) is 1. The number of aryl methyl sites for hydroxylation is 1. The molecule has 2 aliphatic rings. The van der Waals surface area contributed by atoms with Crippen molar-refractivity contribution in [2.75, 3.05) is 6.54 Å². The molecule has 0 unspecified atom stereocenters. The Bertz CT molecular complexity index is 800. The van der Waals surface area contributed by atoms with Crippen LogP contribution in [-0.2, 0) is 20.1 Å². The zero-order valence-electron chi connectivity index (χ0n) is 14.5. The van der Waals surface area contributed by atoms with Crippen LogP contribution in [0.2, 0.25) is 0 Å². The molecule has 1 aliphatic carbocycles. The lowest BCUT2D eigenvalue weighted by molar-refractivity contribution is 0.0704. The molecule has 1 amide bonds. The minimum Gasteiger partial charge on any atom is -0.386 e. The van der Waals surface area contributed by atoms with Crippen LogP contribution < -0.4 is 0 Å². The number of nitrogens with zero attached hydrogens (tertiary/aromatic N) is 4. The van der Waals surface area contributed by atoms with E-state index in [0.29, 0.717) is 25.6 Å². The third-order valence-electron chi connectivity index (χ3n) is 5.48. The number of carbonyl (C=O) groups is 1. The van der Waals surface area contributed by atoms with E-state index in [9.17, 15) is 9.90 Å². The van der Waals surface area contributed by atoms with E-state index in [1.165, 1.54) is 0 Å². The predicted octanol–water partition coefficient (Wildman–Crippen LogP) is 1.94. The molecule has 6 heteroatoms. The summed E-state index contributed by atoms with van der Waals surface area (Å²) in [5.41, 5.74) is 4.64. The van der Waals surface area contributed by atoms with E-state index in [1.54, 1.807) is 0 Å². The fourth-order valence-corrected chi connectivity index (χ4v) is 3.50. The van der Waals surface area contributed by atoms with Gasteiger partial charge in [0.25, 0.3) is 5.91 Å². The molecule has 1 N–H and O–H groups in total. The second-order valence-electron chi connectivity index (χ2n) is 7.14. The summed E-state index contributed by atoms with van der Waals surface area (Å²) in [7, 11) is 1.98. The van der Waals surface area contributed by atoms with E-state index < -0.39 is 6.10 Å². The van der Waals surface area contributed by atoms with Crippen LogP contribution in [0.3, 0.4) is 0 Å². The molecule has 1 atom stereocenters. The Balaban J connectivity index is 1.55. The molecule has 0 saturated heterocycles. The molecule has 0 aromatic carbocycles. The van der Waals surface area contributed by atoms with Crippen LogP contribution in [0.15, 0.2) is 12.1 Å². The summed E-state index contributed by atoms with van der Waals surface area (Å²) >= 11 is 0. The standard InChI is InChI=1S/C18H24N4O2/c1-11-8-15(12(2)20(11)3)18(24)21-6-7-22-14(10-21)9-16(19-22)17(23)13-4-5-13/h8-9,13,17,23H,4-7,10H2,1-3H3/t17-/m1/s1. The number of fused-ring (bicyclic) bond motifs is 1. The average molecular weight is 328 g/mol. The van der Waals surface area contributed by atoms with Gasteiger partial charge < -0.3 is 14.6 Å². The maximum atomic E-state index is 12.9. The molecule has 4 rings (SSSR count). The third kappa shape index (κ3) is 2.45. The highest BCUT2D eigenvalue weighted by Gasteiger charge is 2.34. The van der Waals surface area contributed by atoms with Crippen LogP contribution in [0.5, 0.6) is 0 Å². The highest BCUT2D eigenvalue weighted by molar-refractivity contribution is 5.95. The molecular weight excluding hydrogens is 304 g/mol. The quantitative estimate of drug-likeness (QED) is 0.936. The highest BCUT2D eigenvalue weighted by atomic mass is 16.3. The Kier molecular flexibility index (Phi) is 3.53. The van der Waals surface area contributed by atoms with Gasteiger partial charge in [0.1, 0.15) is 6.10 Å². The molecule has 2 aromatic heterocycles. The Labute approximate surface area is 141 Å². The Hall–Kier alpha value is -2.08. The molecule has 128 valence electrons. The number of rotatable bonds is 3. The van der Waals surface area contributed by atoms with Gasteiger partial charge in [0.2, 0.25) is 0 Å². The van der Waals surface area contributed by atoms with Gasteiger partial charge in [-0.1, -0.05) is 0 Å². The second-order valence-corrected chi connectivity index (χ2v) is 7.14. The van der Waals surface area contributed by atoms with Crippen LogP contribution in [0.25, 0.3) is 0 Å². The van der Waals surface area contributed by atoms with Crippen molar-refractivity contribution in [2.24, 2.45) is 13.0 Å². The highest BCUT2D eigenvalue weighted by Crippen LogP contribution is 2.40. The molecule has 2 aromatic rings. The Morgan fingerprint density at radius 2 is 2.04 bits per heavy atom. The number of aliphatic hydroxyl groups is 1. The zero-order valence-corrected chi connectivity index (χ0v) is 14.5. The number of amides is 1. The topological polar surface area (TPSA) is 63.3 Å². The molecule has 0 spiro atoms. The first kappa shape index (κ1) is 15.4. The summed E-state index contributed by atoms with van der Waals surface area (Å²) in [5.74, 6) is 0.447. The van der Waals surface area contributed by atoms with Crippen LogP contribution >= 0.6 is 0 Å². The van der Waals surface area contributed by atoms with E-state index in [1.807, 2.05) is 47.2 Å². The predicted molar refractivity (Wildman–Crippen MR) is 89.5 cm³/mol. The first-order valence-corrected chi connectivity index (χ1v) is 8.62. The van der Waals surface area contributed by atoms with Crippen molar-refractivity contribution in [1.82, 2.24) is 19.2 Å². The van der Waals surface area contributed by atoms with Crippen LogP contribution in [0.4, 0.5) is 0 Å². The number of aliphatic hydroxyl groups excluding tert-OH is 1. The number of hydrogen-bond acceptors (Lipinski definition) is 3. The Morgan fingerprint density at radius 1 is 1.29 bits per heavy atom. The molecule has 0 bridgehead atoms. The monoisotopic (exact) mass is 328 g/mol. The first-order chi connectivity index (χ1) is 11.5. The van der Waals surface area contributed by atoms with E-state index >= 15 is 0 Å². The Morgan fingerprint density at radius 3 is 2.67 bits per heavy atom. The van der Waals surface area contributed by atoms with E-state index in [0.717, 1.165) is 41.2 Å². The van der Waals surface area contributed by atoms with Gasteiger partial charge in [-0.3, -0.25) is 9.48 Å². The smallest absolute Gasteiger partial charge is 0.256 e. The maximum Gasteiger partial charge on any atom is 0.256 e. The summed E-state index contributed by atoms with van der Waals surface area (Å²) in [4.78, 5) is 14.8. The molecule has 0 radical (unpaired) electrons. The van der Waals surface area contributed by atoms with Gasteiger partial charge >= 0.3 is 0 Å². The first-order valence-electron chi connectivity index (χ1n) is 8.62. The van der Waals surface area contributed by atoms with Gasteiger partial charge in [0, 0.05) is 25.0 Å². The van der Waals surface area contributed by atoms with Crippen LogP contribution in [-0.4, -0.2) is 36.8 Å². The second kappa shape index (κ2) is 5.48. The number of carbonyl (C=O) groups excluding carboxylic acids is 1. The molecular formula is C18H24N4O2. The van der Waals surface area contributed by atoms with Gasteiger partial charge in [-0.25, -0.2) is 0 Å². The van der Waals surface area contributed by atoms with E-state index in [-0.39, 0.29) is 5.91 Å². The minimum atomic E-state index is -0.453. The average Bonchev–Trinajstić information content (AvgIpc) is 3.29. The lowest BCUT2D eigenvalue weighted by Crippen LogP contribution is -2.38. The SMILES string of the molecule is Cc1cc(C(=O)N2CCn3nc([C@H](O)C4CC4)cc3C2)c(C)n1C. The lowest BCUT2D eigenvalue weighted by atomic mass is 10.1. The maximum absolute atomic E-state index is 12.9. The van der Waals surface area contributed by atoms with Crippen molar-refractivity contribution >= 4 is 5.91 Å². The summed E-state index contributed by atoms with van der Waals surface area (Å²) in [6.07, 6.45) is 1.72. The van der Waals surface area contributed by atoms with Crippen LogP contribution in [0, 0.1) is 19.8 Å². The largest absolute Gasteiger partial charge is 0.386 e. The van der Waals surface area contributed by atoms with Crippen molar-refractivity contribution < 1.29 is 9.90 Å². The fraction of sp³-hybridized carbons (Fsp3) is 0.556.